The number of hydrogen-bond acceptors (Lipinski definition) is 6. The Hall–Kier alpha value is -1.67. The Morgan fingerprint density at radius 2 is 1.97 bits per heavy atom. The van der Waals surface area contributed by atoms with Crippen LogP contribution < -0.4 is 5.32 Å². The van der Waals surface area contributed by atoms with Crippen LogP contribution in [0.15, 0.2) is 0 Å². The van der Waals surface area contributed by atoms with E-state index in [4.69, 9.17) is 9.47 Å². The second kappa shape index (κ2) is 8.28. The van der Waals surface area contributed by atoms with Crippen molar-refractivity contribution in [1.29, 1.82) is 0 Å². The molecule has 0 radical (unpaired) electrons. The van der Waals surface area contributed by atoms with E-state index in [1.165, 1.54) is 4.90 Å². The van der Waals surface area contributed by atoms with Crippen molar-refractivity contribution in [2.24, 2.45) is 23.7 Å². The molecule has 3 fully saturated rings. The topological polar surface area (TPSA) is 105 Å². The zero-order chi connectivity index (χ0) is 24.2. The fourth-order valence-electron chi connectivity index (χ4n) is 6.18. The number of carbonyl (C=O) groups is 3. The molecule has 32 heavy (non-hydrogen) atoms. The molecule has 182 valence electrons. The molecule has 2 amide bonds. The van der Waals surface area contributed by atoms with Gasteiger partial charge in [-0.15, -0.1) is 0 Å². The van der Waals surface area contributed by atoms with Crippen molar-refractivity contribution in [3.05, 3.63) is 0 Å². The van der Waals surface area contributed by atoms with Crippen LogP contribution in [0.25, 0.3) is 0 Å². The molecule has 0 aromatic heterocycles. The number of ether oxygens (including phenoxy) is 2. The molecule has 0 saturated carbocycles. The summed E-state index contributed by atoms with van der Waals surface area (Å²) in [7, 11) is 0. The molecule has 8 nitrogen and oxygen atoms in total. The highest BCUT2D eigenvalue weighted by atomic mass is 16.6. The van der Waals surface area contributed by atoms with E-state index >= 15 is 0 Å². The van der Waals surface area contributed by atoms with Gasteiger partial charge in [-0.1, -0.05) is 27.2 Å². The maximum atomic E-state index is 14.0. The minimum absolute atomic E-state index is 0.0321. The minimum atomic E-state index is -1.13. The summed E-state index contributed by atoms with van der Waals surface area (Å²) in [4.78, 5) is 42.3. The standard InChI is InChI=1S/C24H40N2O6/c1-9-13(3)15(12-27)26-18(19(28)25-22(5,6)7)24-11-14(4)23(8,32-24)17(16(24)20(26)29)21(30)31-10-2/h13-18,27H,9-12H2,1-8H3,(H,25,28)/t13-,14?,15-,16-,17-,18?,23+,24?/m0/s1. The van der Waals surface area contributed by atoms with Crippen LogP contribution in [-0.4, -0.2) is 69.8 Å². The summed E-state index contributed by atoms with van der Waals surface area (Å²) in [5.41, 5.74) is -2.53. The number of esters is 1. The molecular formula is C24H40N2O6. The van der Waals surface area contributed by atoms with Crippen LogP contribution in [0.4, 0.5) is 0 Å². The Kier molecular flexibility index (Phi) is 6.46. The molecule has 3 aliphatic heterocycles. The van der Waals surface area contributed by atoms with Gasteiger partial charge in [-0.25, -0.2) is 0 Å². The molecule has 8 heteroatoms. The molecule has 0 aliphatic carbocycles. The number of rotatable bonds is 7. The normalized spacial score (nSPS) is 37.9. The van der Waals surface area contributed by atoms with Gasteiger partial charge in [0.05, 0.1) is 30.8 Å². The summed E-state index contributed by atoms with van der Waals surface area (Å²) in [6, 6.07) is -1.47. The van der Waals surface area contributed by atoms with Crippen LogP contribution in [0.3, 0.4) is 0 Å². The molecule has 1 spiro atoms. The Balaban J connectivity index is 2.16. The van der Waals surface area contributed by atoms with E-state index in [0.29, 0.717) is 6.42 Å². The number of carbonyl (C=O) groups excluding carboxylic acids is 3. The number of fused-ring (bicyclic) bond motifs is 1. The summed E-state index contributed by atoms with van der Waals surface area (Å²) >= 11 is 0. The predicted molar refractivity (Wildman–Crippen MR) is 118 cm³/mol. The van der Waals surface area contributed by atoms with Gasteiger partial charge in [0.1, 0.15) is 17.6 Å². The fraction of sp³-hybridized carbons (Fsp3) is 0.875. The van der Waals surface area contributed by atoms with Crippen LogP contribution in [-0.2, 0) is 23.9 Å². The van der Waals surface area contributed by atoms with Gasteiger partial charge in [-0.3, -0.25) is 14.4 Å². The lowest BCUT2D eigenvalue weighted by atomic mass is 9.62. The molecular weight excluding hydrogens is 412 g/mol. The first-order valence-electron chi connectivity index (χ1n) is 11.9. The first-order valence-corrected chi connectivity index (χ1v) is 11.9. The second-order valence-corrected chi connectivity index (χ2v) is 11.1. The summed E-state index contributed by atoms with van der Waals surface area (Å²) < 4.78 is 12.0. The van der Waals surface area contributed by atoms with E-state index < -0.39 is 46.6 Å². The number of aliphatic hydroxyl groups excluding tert-OH is 1. The van der Waals surface area contributed by atoms with E-state index in [2.05, 4.69) is 5.32 Å². The molecule has 3 aliphatic rings. The lowest BCUT2D eigenvalue weighted by molar-refractivity contribution is -0.162. The highest BCUT2D eigenvalue weighted by Crippen LogP contribution is 2.65. The summed E-state index contributed by atoms with van der Waals surface area (Å²) in [5.74, 6) is -2.73. The van der Waals surface area contributed by atoms with Crippen molar-refractivity contribution < 1.29 is 29.0 Å². The summed E-state index contributed by atoms with van der Waals surface area (Å²) in [5, 5.41) is 13.3. The van der Waals surface area contributed by atoms with Crippen LogP contribution in [0.5, 0.6) is 0 Å². The SMILES string of the molecule is CCOC(=O)[C@@H]1[C@H]2C(=O)N([C@@H](CO)[C@@H](C)CC)C(C(=O)NC(C)(C)C)C23CC(C)[C@@]1(C)O3. The van der Waals surface area contributed by atoms with Gasteiger partial charge in [0.15, 0.2) is 0 Å². The third-order valence-corrected chi connectivity index (χ3v) is 7.88. The van der Waals surface area contributed by atoms with Crippen LogP contribution in [0, 0.1) is 23.7 Å². The van der Waals surface area contributed by atoms with Gasteiger partial charge in [0, 0.05) is 5.54 Å². The zero-order valence-corrected chi connectivity index (χ0v) is 20.7. The molecule has 3 heterocycles. The van der Waals surface area contributed by atoms with Crippen molar-refractivity contribution in [2.75, 3.05) is 13.2 Å². The van der Waals surface area contributed by atoms with Gasteiger partial charge in [-0.2, -0.15) is 0 Å². The molecule has 3 unspecified atom stereocenters. The van der Waals surface area contributed by atoms with E-state index in [-0.39, 0.29) is 36.9 Å². The van der Waals surface area contributed by atoms with Gasteiger partial charge in [0.25, 0.3) is 0 Å². The molecule has 3 saturated heterocycles. The molecule has 3 rings (SSSR count). The third-order valence-electron chi connectivity index (χ3n) is 7.88. The van der Waals surface area contributed by atoms with E-state index in [1.54, 1.807) is 6.92 Å². The lowest BCUT2D eigenvalue weighted by Gasteiger charge is -2.40. The second-order valence-electron chi connectivity index (χ2n) is 11.1. The highest BCUT2D eigenvalue weighted by molar-refractivity contribution is 5.99. The average Bonchev–Trinajstić information content (AvgIpc) is 3.18. The monoisotopic (exact) mass is 452 g/mol. The van der Waals surface area contributed by atoms with Gasteiger partial charge in [-0.05, 0) is 52.9 Å². The van der Waals surface area contributed by atoms with Crippen LogP contribution in [0.2, 0.25) is 0 Å². The lowest BCUT2D eigenvalue weighted by Crippen LogP contribution is -2.61. The number of amides is 2. The van der Waals surface area contributed by atoms with Gasteiger partial charge < -0.3 is 24.8 Å². The molecule has 2 bridgehead atoms. The number of aliphatic hydroxyl groups is 1. The maximum Gasteiger partial charge on any atom is 0.312 e. The van der Waals surface area contributed by atoms with E-state index in [0.717, 1.165) is 6.42 Å². The predicted octanol–water partition coefficient (Wildman–Crippen LogP) is 1.88. The Labute approximate surface area is 191 Å². The number of likely N-dealkylation sites (tertiary alicyclic amines) is 1. The van der Waals surface area contributed by atoms with Crippen molar-refractivity contribution in [1.82, 2.24) is 10.2 Å². The largest absolute Gasteiger partial charge is 0.466 e. The molecule has 2 N–H and O–H groups in total. The molecule has 0 aromatic rings. The Morgan fingerprint density at radius 1 is 1.34 bits per heavy atom. The smallest absolute Gasteiger partial charge is 0.312 e. The van der Waals surface area contributed by atoms with Crippen molar-refractivity contribution in [2.45, 2.75) is 97.1 Å². The van der Waals surface area contributed by atoms with Crippen molar-refractivity contribution in [3.8, 4) is 0 Å². The quantitative estimate of drug-likeness (QED) is 0.572. The first-order chi connectivity index (χ1) is 14.8. The fourth-order valence-corrected chi connectivity index (χ4v) is 6.18. The number of nitrogens with one attached hydrogen (secondary N) is 1. The zero-order valence-electron chi connectivity index (χ0n) is 20.7. The summed E-state index contributed by atoms with van der Waals surface area (Å²) in [6.45, 7) is 15.2. The number of hydrogen-bond donors (Lipinski definition) is 2. The van der Waals surface area contributed by atoms with E-state index in [1.807, 2.05) is 48.5 Å². The minimum Gasteiger partial charge on any atom is -0.466 e. The van der Waals surface area contributed by atoms with E-state index in [9.17, 15) is 19.5 Å². The number of nitrogens with zero attached hydrogens (tertiary/aromatic N) is 1. The van der Waals surface area contributed by atoms with Gasteiger partial charge >= 0.3 is 5.97 Å². The Bertz CT molecular complexity index is 779. The maximum absolute atomic E-state index is 14.0. The third kappa shape index (κ3) is 3.54. The summed E-state index contributed by atoms with van der Waals surface area (Å²) in [6.07, 6.45) is 1.23. The van der Waals surface area contributed by atoms with Crippen molar-refractivity contribution in [3.63, 3.8) is 0 Å². The first kappa shape index (κ1) is 25.0. The van der Waals surface area contributed by atoms with Crippen LogP contribution in [0.1, 0.15) is 68.2 Å². The average molecular weight is 453 g/mol. The van der Waals surface area contributed by atoms with Gasteiger partial charge in [0.2, 0.25) is 11.8 Å². The molecule has 0 aromatic carbocycles. The Morgan fingerprint density at radius 3 is 2.47 bits per heavy atom. The highest BCUT2D eigenvalue weighted by Gasteiger charge is 2.80. The van der Waals surface area contributed by atoms with Crippen LogP contribution >= 0.6 is 0 Å². The van der Waals surface area contributed by atoms with Crippen molar-refractivity contribution >= 4 is 17.8 Å². The molecule has 8 atom stereocenters.